The van der Waals surface area contributed by atoms with Gasteiger partial charge in [-0.3, -0.25) is 0 Å². The summed E-state index contributed by atoms with van der Waals surface area (Å²) in [6, 6.07) is 0.409. The molecule has 3 fully saturated rings. The normalized spacial score (nSPS) is 27.6. The third kappa shape index (κ3) is 5.52. The molecular weight excluding hydrogens is 507 g/mol. The minimum Gasteiger partial charge on any atom is -0.378 e. The molecule has 3 unspecified atom stereocenters. The van der Waals surface area contributed by atoms with Crippen molar-refractivity contribution in [3.05, 3.63) is 11.6 Å². The molecule has 2 heterocycles. The lowest BCUT2D eigenvalue weighted by Gasteiger charge is -2.58. The quantitative estimate of drug-likeness (QED) is 0.311. The molecule has 0 radical (unpaired) electrons. The molecule has 1 spiro atoms. The third-order valence-corrected chi connectivity index (χ3v) is 7.33. The van der Waals surface area contributed by atoms with Crippen LogP contribution in [-0.2, 0) is 23.1 Å². The van der Waals surface area contributed by atoms with Crippen LogP contribution >= 0.6 is 24.0 Å². The van der Waals surface area contributed by atoms with Crippen molar-refractivity contribution in [3.63, 3.8) is 0 Å². The van der Waals surface area contributed by atoms with Gasteiger partial charge in [0.1, 0.15) is 12.4 Å². The van der Waals surface area contributed by atoms with E-state index in [1.54, 1.807) is 0 Å². The van der Waals surface area contributed by atoms with E-state index in [4.69, 9.17) is 14.5 Å². The maximum atomic E-state index is 6.13. The van der Waals surface area contributed by atoms with E-state index in [2.05, 4.69) is 27.8 Å². The molecule has 2 N–H and O–H groups in total. The van der Waals surface area contributed by atoms with Crippen LogP contribution < -0.4 is 10.6 Å². The number of guanidine groups is 1. The molecule has 2 aliphatic carbocycles. The number of aromatic nitrogens is 3. The highest BCUT2D eigenvalue weighted by Gasteiger charge is 2.55. The summed E-state index contributed by atoms with van der Waals surface area (Å²) in [5.74, 6) is 2.64. The van der Waals surface area contributed by atoms with E-state index in [0.29, 0.717) is 18.7 Å². The Morgan fingerprint density at radius 3 is 2.71 bits per heavy atom. The van der Waals surface area contributed by atoms with E-state index < -0.39 is 0 Å². The molecule has 0 amide bonds. The summed E-state index contributed by atoms with van der Waals surface area (Å²) >= 11 is 0. The summed E-state index contributed by atoms with van der Waals surface area (Å²) < 4.78 is 13.9. The second kappa shape index (κ2) is 11.3. The second-order valence-electron chi connectivity index (χ2n) is 9.07. The molecule has 31 heavy (non-hydrogen) atoms. The van der Waals surface area contributed by atoms with Crippen LogP contribution in [-0.4, -0.2) is 58.7 Å². The van der Waals surface area contributed by atoms with Crippen LogP contribution in [0.4, 0.5) is 0 Å². The van der Waals surface area contributed by atoms with Gasteiger partial charge in [0, 0.05) is 38.3 Å². The molecule has 9 heteroatoms. The first-order valence-electron chi connectivity index (χ1n) is 11.8. The number of nitrogens with zero attached hydrogens (tertiary/aromatic N) is 4. The summed E-state index contributed by atoms with van der Waals surface area (Å²) in [5.41, 5.74) is 0.252. The number of aryl methyl sites for hydroxylation is 1. The summed E-state index contributed by atoms with van der Waals surface area (Å²) in [4.78, 5) is 4.87. The molecular formula is C22H39IN6O2. The van der Waals surface area contributed by atoms with Crippen molar-refractivity contribution in [2.45, 2.75) is 90.0 Å². The number of hydrogen-bond donors (Lipinski definition) is 2. The van der Waals surface area contributed by atoms with E-state index in [1.165, 1.54) is 32.1 Å². The summed E-state index contributed by atoms with van der Waals surface area (Å²) in [5, 5.41) is 15.7. The van der Waals surface area contributed by atoms with E-state index in [-0.39, 0.29) is 35.5 Å². The predicted molar refractivity (Wildman–Crippen MR) is 132 cm³/mol. The summed E-state index contributed by atoms with van der Waals surface area (Å²) in [6.45, 7) is 7.03. The third-order valence-electron chi connectivity index (χ3n) is 7.33. The van der Waals surface area contributed by atoms with Crippen LogP contribution in [0, 0.1) is 12.3 Å². The van der Waals surface area contributed by atoms with Gasteiger partial charge in [0.05, 0.1) is 12.2 Å². The van der Waals surface area contributed by atoms with Crippen LogP contribution in [0.3, 0.4) is 0 Å². The van der Waals surface area contributed by atoms with Gasteiger partial charge in [-0.1, -0.05) is 19.3 Å². The maximum absolute atomic E-state index is 6.13. The van der Waals surface area contributed by atoms with Crippen molar-refractivity contribution < 1.29 is 9.47 Å². The van der Waals surface area contributed by atoms with Crippen molar-refractivity contribution in [2.75, 3.05) is 19.8 Å². The standard InChI is InChI=1S/C22H38N6O2.HI/c1-4-29-19-13-18(22(19)10-6-5-7-11-22)25-21(23-14-17-9-8-12-30-17)24-15-20-27-26-16(2)28(20)3;/h17-19H,4-15H2,1-3H3,(H2,23,24,25);1H. The molecule has 1 aliphatic heterocycles. The van der Waals surface area contributed by atoms with Gasteiger partial charge in [0.2, 0.25) is 0 Å². The van der Waals surface area contributed by atoms with Crippen LogP contribution in [0.15, 0.2) is 4.99 Å². The largest absolute Gasteiger partial charge is 0.378 e. The van der Waals surface area contributed by atoms with Gasteiger partial charge in [0.15, 0.2) is 11.8 Å². The Hall–Kier alpha value is -0.940. The second-order valence-corrected chi connectivity index (χ2v) is 9.07. The Morgan fingerprint density at radius 2 is 2.06 bits per heavy atom. The number of hydrogen-bond acceptors (Lipinski definition) is 5. The highest BCUT2D eigenvalue weighted by molar-refractivity contribution is 14.0. The van der Waals surface area contributed by atoms with Gasteiger partial charge < -0.3 is 24.7 Å². The molecule has 0 bridgehead atoms. The maximum Gasteiger partial charge on any atom is 0.192 e. The lowest BCUT2D eigenvalue weighted by molar-refractivity contribution is -0.145. The van der Waals surface area contributed by atoms with Crippen molar-refractivity contribution in [2.24, 2.45) is 17.5 Å². The number of aliphatic imine (C=N–C) groups is 1. The molecule has 3 aliphatic rings. The van der Waals surface area contributed by atoms with E-state index in [9.17, 15) is 0 Å². The number of rotatable bonds is 7. The van der Waals surface area contributed by atoms with E-state index >= 15 is 0 Å². The molecule has 1 aromatic heterocycles. The van der Waals surface area contributed by atoms with Crippen LogP contribution in [0.25, 0.3) is 0 Å². The fourth-order valence-corrected chi connectivity index (χ4v) is 5.34. The average molecular weight is 546 g/mol. The molecule has 2 saturated carbocycles. The Bertz CT molecular complexity index is 728. The molecule has 1 saturated heterocycles. The zero-order valence-corrected chi connectivity index (χ0v) is 21.6. The van der Waals surface area contributed by atoms with Crippen LogP contribution in [0.1, 0.15) is 69.9 Å². The lowest BCUT2D eigenvalue weighted by Crippen LogP contribution is -2.66. The van der Waals surface area contributed by atoms with Crippen molar-refractivity contribution in [3.8, 4) is 0 Å². The Labute approximate surface area is 203 Å². The van der Waals surface area contributed by atoms with E-state index in [1.807, 2.05) is 18.5 Å². The fourth-order valence-electron chi connectivity index (χ4n) is 5.34. The lowest BCUT2D eigenvalue weighted by atomic mass is 9.55. The highest BCUT2D eigenvalue weighted by Crippen LogP contribution is 2.53. The topological polar surface area (TPSA) is 85.6 Å². The number of ether oxygens (including phenoxy) is 2. The van der Waals surface area contributed by atoms with Gasteiger partial charge >= 0.3 is 0 Å². The summed E-state index contributed by atoms with van der Waals surface area (Å²) in [6.07, 6.45) is 10.4. The van der Waals surface area contributed by atoms with Crippen molar-refractivity contribution >= 4 is 29.9 Å². The molecule has 176 valence electrons. The zero-order valence-electron chi connectivity index (χ0n) is 19.2. The van der Waals surface area contributed by atoms with Crippen molar-refractivity contribution in [1.29, 1.82) is 0 Å². The molecule has 8 nitrogen and oxygen atoms in total. The molecule has 1 aromatic rings. The Balaban J connectivity index is 0.00000272. The number of nitrogens with one attached hydrogen (secondary N) is 2. The number of halogens is 1. The summed E-state index contributed by atoms with van der Waals surface area (Å²) in [7, 11) is 1.99. The smallest absolute Gasteiger partial charge is 0.192 e. The SMILES string of the molecule is CCOC1CC(NC(=NCc2nnc(C)n2C)NCC2CCCO2)C12CCCCC2.I. The van der Waals surface area contributed by atoms with Gasteiger partial charge in [0.25, 0.3) is 0 Å². The molecule has 4 rings (SSSR count). The molecule has 3 atom stereocenters. The first-order valence-corrected chi connectivity index (χ1v) is 11.8. The highest BCUT2D eigenvalue weighted by atomic mass is 127. The zero-order chi connectivity index (χ0) is 21.0. The minimum atomic E-state index is 0. The van der Waals surface area contributed by atoms with Gasteiger partial charge in [-0.2, -0.15) is 0 Å². The first-order chi connectivity index (χ1) is 14.6. The monoisotopic (exact) mass is 546 g/mol. The minimum absolute atomic E-state index is 0. The van der Waals surface area contributed by atoms with Gasteiger partial charge in [-0.25, -0.2) is 4.99 Å². The Morgan fingerprint density at radius 1 is 1.26 bits per heavy atom. The van der Waals surface area contributed by atoms with Gasteiger partial charge in [-0.05, 0) is 46.0 Å². The Kier molecular flexibility index (Phi) is 8.98. The van der Waals surface area contributed by atoms with Crippen LogP contribution in [0.2, 0.25) is 0 Å². The molecule has 0 aromatic carbocycles. The van der Waals surface area contributed by atoms with Crippen LogP contribution in [0.5, 0.6) is 0 Å². The predicted octanol–water partition coefficient (Wildman–Crippen LogP) is 3.08. The van der Waals surface area contributed by atoms with Gasteiger partial charge in [-0.15, -0.1) is 34.2 Å². The average Bonchev–Trinajstić information content (AvgIpc) is 3.40. The fraction of sp³-hybridized carbons (Fsp3) is 0.864. The van der Waals surface area contributed by atoms with E-state index in [0.717, 1.165) is 56.6 Å². The van der Waals surface area contributed by atoms with Crippen molar-refractivity contribution in [1.82, 2.24) is 25.4 Å². The first kappa shape index (κ1) is 24.7.